The molecular formula is C16H24O3. The van der Waals surface area contributed by atoms with Crippen molar-refractivity contribution in [1.29, 1.82) is 0 Å². The van der Waals surface area contributed by atoms with Crippen molar-refractivity contribution in [2.24, 2.45) is 0 Å². The predicted molar refractivity (Wildman–Crippen MR) is 77.0 cm³/mol. The van der Waals surface area contributed by atoms with E-state index in [-0.39, 0.29) is 12.3 Å². The van der Waals surface area contributed by atoms with Gasteiger partial charge in [-0.2, -0.15) is 0 Å². The third-order valence-corrected chi connectivity index (χ3v) is 3.34. The maximum Gasteiger partial charge on any atom is 0.303 e. The second-order valence-electron chi connectivity index (χ2n) is 5.09. The summed E-state index contributed by atoms with van der Waals surface area (Å²) in [6.45, 7) is 8.89. The average molecular weight is 264 g/mol. The molecule has 106 valence electrons. The predicted octanol–water partition coefficient (Wildman–Crippen LogP) is 4.18. The zero-order chi connectivity index (χ0) is 14.4. The smallest absolute Gasteiger partial charge is 0.303 e. The Labute approximate surface area is 115 Å². The van der Waals surface area contributed by atoms with E-state index in [9.17, 15) is 4.79 Å². The normalized spacial score (nSPS) is 12.5. The number of hydrogen-bond donors (Lipinski definition) is 1. The highest BCUT2D eigenvalue weighted by Gasteiger charge is 2.16. The topological polar surface area (TPSA) is 46.5 Å². The first-order chi connectivity index (χ1) is 8.99. The maximum absolute atomic E-state index is 10.9. The third kappa shape index (κ3) is 4.27. The number of aliphatic carboxylic acids is 1. The first kappa shape index (κ1) is 15.5. The molecule has 19 heavy (non-hydrogen) atoms. The van der Waals surface area contributed by atoms with Gasteiger partial charge in [-0.15, -0.1) is 0 Å². The van der Waals surface area contributed by atoms with Crippen LogP contribution in [-0.4, -0.2) is 17.7 Å². The van der Waals surface area contributed by atoms with Crippen molar-refractivity contribution in [3.05, 3.63) is 29.3 Å². The third-order valence-electron chi connectivity index (χ3n) is 3.34. The van der Waals surface area contributed by atoms with Crippen molar-refractivity contribution in [2.45, 2.75) is 52.4 Å². The summed E-state index contributed by atoms with van der Waals surface area (Å²) in [5, 5.41) is 8.97. The second kappa shape index (κ2) is 7.17. The van der Waals surface area contributed by atoms with E-state index >= 15 is 0 Å². The lowest BCUT2D eigenvalue weighted by atomic mass is 9.89. The Morgan fingerprint density at radius 3 is 2.47 bits per heavy atom. The van der Waals surface area contributed by atoms with Crippen molar-refractivity contribution in [3.8, 4) is 5.75 Å². The molecule has 0 spiro atoms. The van der Waals surface area contributed by atoms with E-state index in [0.29, 0.717) is 12.5 Å². The van der Waals surface area contributed by atoms with Gasteiger partial charge in [-0.1, -0.05) is 32.9 Å². The molecule has 0 aliphatic heterocycles. The molecule has 1 aromatic carbocycles. The van der Waals surface area contributed by atoms with Gasteiger partial charge < -0.3 is 9.84 Å². The van der Waals surface area contributed by atoms with Crippen LogP contribution in [0.25, 0.3) is 0 Å². The average Bonchev–Trinajstić information content (AvgIpc) is 2.36. The largest absolute Gasteiger partial charge is 0.494 e. The molecular weight excluding hydrogens is 240 g/mol. The molecule has 0 bridgehead atoms. The van der Waals surface area contributed by atoms with Crippen LogP contribution in [0.2, 0.25) is 0 Å². The number of carbonyl (C=O) groups is 1. The van der Waals surface area contributed by atoms with E-state index in [1.165, 1.54) is 0 Å². The standard InChI is InChI=1S/C16H24O3/c1-5-12(10-16(17)18)13-7-8-15(19-6-2)14(9-13)11(3)4/h7-9,11-12H,5-6,10H2,1-4H3,(H,17,18). The number of carboxylic acid groups (broad SMARTS) is 1. The second-order valence-corrected chi connectivity index (χ2v) is 5.09. The molecule has 0 amide bonds. The highest BCUT2D eigenvalue weighted by atomic mass is 16.5. The number of benzene rings is 1. The Kier molecular flexibility index (Phi) is 5.87. The molecule has 1 unspecified atom stereocenters. The summed E-state index contributed by atoms with van der Waals surface area (Å²) in [7, 11) is 0. The first-order valence-corrected chi connectivity index (χ1v) is 6.97. The van der Waals surface area contributed by atoms with Crippen molar-refractivity contribution in [1.82, 2.24) is 0 Å². The molecule has 0 aromatic heterocycles. The van der Waals surface area contributed by atoms with Crippen LogP contribution in [0.3, 0.4) is 0 Å². The van der Waals surface area contributed by atoms with Gasteiger partial charge in [-0.25, -0.2) is 0 Å². The molecule has 0 radical (unpaired) electrons. The quantitative estimate of drug-likeness (QED) is 0.803. The van der Waals surface area contributed by atoms with E-state index in [1.807, 2.05) is 26.0 Å². The molecule has 0 aliphatic rings. The monoisotopic (exact) mass is 264 g/mol. The molecule has 0 saturated heterocycles. The Morgan fingerprint density at radius 1 is 1.32 bits per heavy atom. The minimum Gasteiger partial charge on any atom is -0.494 e. The highest BCUT2D eigenvalue weighted by Crippen LogP contribution is 2.32. The van der Waals surface area contributed by atoms with Crippen LogP contribution in [0.1, 0.15) is 63.5 Å². The van der Waals surface area contributed by atoms with Gasteiger partial charge in [0.25, 0.3) is 0 Å². The molecule has 0 heterocycles. The van der Waals surface area contributed by atoms with E-state index in [1.54, 1.807) is 0 Å². The Balaban J connectivity index is 3.08. The van der Waals surface area contributed by atoms with Crippen molar-refractivity contribution < 1.29 is 14.6 Å². The summed E-state index contributed by atoms with van der Waals surface area (Å²) < 4.78 is 5.63. The number of rotatable bonds is 7. The van der Waals surface area contributed by atoms with E-state index in [0.717, 1.165) is 23.3 Å². The lowest BCUT2D eigenvalue weighted by Gasteiger charge is -2.18. The summed E-state index contributed by atoms with van der Waals surface area (Å²) >= 11 is 0. The number of hydrogen-bond acceptors (Lipinski definition) is 2. The molecule has 0 aliphatic carbocycles. The molecule has 1 N–H and O–H groups in total. The zero-order valence-electron chi connectivity index (χ0n) is 12.3. The van der Waals surface area contributed by atoms with Crippen LogP contribution in [0.4, 0.5) is 0 Å². The van der Waals surface area contributed by atoms with Gasteiger partial charge in [0.05, 0.1) is 13.0 Å². The summed E-state index contributed by atoms with van der Waals surface area (Å²) in [5.74, 6) is 0.604. The van der Waals surface area contributed by atoms with Gasteiger partial charge >= 0.3 is 5.97 Å². The maximum atomic E-state index is 10.9. The fraction of sp³-hybridized carbons (Fsp3) is 0.562. The fourth-order valence-corrected chi connectivity index (χ4v) is 2.27. The number of ether oxygens (including phenoxy) is 1. The zero-order valence-corrected chi connectivity index (χ0v) is 12.3. The minimum atomic E-state index is -0.744. The summed E-state index contributed by atoms with van der Waals surface area (Å²) in [4.78, 5) is 10.9. The Hall–Kier alpha value is -1.51. The van der Waals surface area contributed by atoms with E-state index < -0.39 is 5.97 Å². The first-order valence-electron chi connectivity index (χ1n) is 6.97. The van der Waals surface area contributed by atoms with Crippen molar-refractivity contribution in [3.63, 3.8) is 0 Å². The fourth-order valence-electron chi connectivity index (χ4n) is 2.27. The van der Waals surface area contributed by atoms with Gasteiger partial charge in [0, 0.05) is 0 Å². The van der Waals surface area contributed by atoms with Gasteiger partial charge in [-0.3, -0.25) is 4.79 Å². The van der Waals surface area contributed by atoms with Crippen molar-refractivity contribution >= 4 is 5.97 Å². The van der Waals surface area contributed by atoms with Crippen LogP contribution in [0.5, 0.6) is 5.75 Å². The van der Waals surface area contributed by atoms with E-state index in [2.05, 4.69) is 19.9 Å². The number of carboxylic acids is 1. The van der Waals surface area contributed by atoms with Crippen LogP contribution in [0, 0.1) is 0 Å². The van der Waals surface area contributed by atoms with Gasteiger partial charge in [0.1, 0.15) is 5.75 Å². The summed E-state index contributed by atoms with van der Waals surface area (Å²) in [6, 6.07) is 6.07. The molecule has 1 rings (SSSR count). The Morgan fingerprint density at radius 2 is 2.00 bits per heavy atom. The van der Waals surface area contributed by atoms with Crippen molar-refractivity contribution in [2.75, 3.05) is 6.61 Å². The SMILES string of the molecule is CCOc1ccc(C(CC)CC(=O)O)cc1C(C)C. The molecule has 0 fully saturated rings. The highest BCUT2D eigenvalue weighted by molar-refractivity contribution is 5.68. The van der Waals surface area contributed by atoms with Gasteiger partial charge in [-0.05, 0) is 42.4 Å². The van der Waals surface area contributed by atoms with Crippen LogP contribution in [-0.2, 0) is 4.79 Å². The van der Waals surface area contributed by atoms with Gasteiger partial charge in [0.15, 0.2) is 0 Å². The minimum absolute atomic E-state index is 0.0747. The molecule has 0 saturated carbocycles. The van der Waals surface area contributed by atoms with E-state index in [4.69, 9.17) is 9.84 Å². The molecule has 3 nitrogen and oxygen atoms in total. The van der Waals surface area contributed by atoms with Crippen LogP contribution >= 0.6 is 0 Å². The molecule has 3 heteroatoms. The summed E-state index contributed by atoms with van der Waals surface area (Å²) in [5.41, 5.74) is 2.25. The lowest BCUT2D eigenvalue weighted by Crippen LogP contribution is -2.07. The molecule has 1 atom stereocenters. The Bertz CT molecular complexity index is 424. The lowest BCUT2D eigenvalue weighted by molar-refractivity contribution is -0.137. The van der Waals surface area contributed by atoms with Crippen LogP contribution in [0.15, 0.2) is 18.2 Å². The molecule has 1 aromatic rings. The van der Waals surface area contributed by atoms with Crippen LogP contribution < -0.4 is 4.74 Å². The van der Waals surface area contributed by atoms with Gasteiger partial charge in [0.2, 0.25) is 0 Å². The summed E-state index contributed by atoms with van der Waals surface area (Å²) in [6.07, 6.45) is 1.01.